The lowest BCUT2D eigenvalue weighted by Gasteiger charge is -2.12. The molecule has 0 bridgehead atoms. The highest BCUT2D eigenvalue weighted by molar-refractivity contribution is 5.70. The van der Waals surface area contributed by atoms with Gasteiger partial charge >= 0.3 is 0 Å². The van der Waals surface area contributed by atoms with Gasteiger partial charge in [-0.15, -0.1) is 0 Å². The number of hydrogen-bond donors (Lipinski definition) is 0. The van der Waals surface area contributed by atoms with E-state index in [4.69, 9.17) is 10.00 Å². The van der Waals surface area contributed by atoms with Gasteiger partial charge in [-0.3, -0.25) is 0 Å². The molecule has 0 amide bonds. The van der Waals surface area contributed by atoms with Crippen LogP contribution in [-0.2, 0) is 6.42 Å². The van der Waals surface area contributed by atoms with Crippen molar-refractivity contribution in [1.29, 1.82) is 5.26 Å². The van der Waals surface area contributed by atoms with E-state index in [1.807, 2.05) is 18.2 Å². The molecule has 2 aromatic rings. The maximum absolute atomic E-state index is 8.89. The molecule has 0 aliphatic heterocycles. The largest absolute Gasteiger partial charge is 0.496 e. The standard InChI is InChI=1S/C17H17NO/c1-12-5-4-6-16(13(12)2)14-7-8-17(19-3)15(11-14)9-10-18/h4-8,11H,9H2,1-3H3. The summed E-state index contributed by atoms with van der Waals surface area (Å²) in [4.78, 5) is 0. The summed E-state index contributed by atoms with van der Waals surface area (Å²) in [7, 11) is 1.63. The molecule has 0 aromatic heterocycles. The number of rotatable bonds is 3. The minimum atomic E-state index is 0.363. The molecule has 2 nitrogen and oxygen atoms in total. The van der Waals surface area contributed by atoms with Crippen LogP contribution in [0.1, 0.15) is 16.7 Å². The average Bonchev–Trinajstić information content (AvgIpc) is 2.42. The van der Waals surface area contributed by atoms with Crippen LogP contribution in [0.25, 0.3) is 11.1 Å². The van der Waals surface area contributed by atoms with Gasteiger partial charge in [0.25, 0.3) is 0 Å². The lowest BCUT2D eigenvalue weighted by Crippen LogP contribution is -1.93. The number of nitrogens with zero attached hydrogens (tertiary/aromatic N) is 1. The predicted molar refractivity (Wildman–Crippen MR) is 77.2 cm³/mol. The second kappa shape index (κ2) is 5.58. The summed E-state index contributed by atoms with van der Waals surface area (Å²) in [6.07, 6.45) is 0.363. The van der Waals surface area contributed by atoms with Crippen LogP contribution in [0, 0.1) is 25.2 Å². The molecule has 19 heavy (non-hydrogen) atoms. The molecule has 0 fully saturated rings. The predicted octanol–water partition coefficient (Wildman–Crippen LogP) is 4.05. The molecular weight excluding hydrogens is 234 g/mol. The van der Waals surface area contributed by atoms with Crippen molar-refractivity contribution in [3.05, 3.63) is 53.1 Å². The van der Waals surface area contributed by atoms with Crippen LogP contribution in [0.15, 0.2) is 36.4 Å². The Balaban J connectivity index is 2.54. The maximum Gasteiger partial charge on any atom is 0.123 e. The molecular formula is C17H17NO. The van der Waals surface area contributed by atoms with Gasteiger partial charge in [0.15, 0.2) is 0 Å². The fourth-order valence-corrected chi connectivity index (χ4v) is 2.23. The first kappa shape index (κ1) is 13.2. The van der Waals surface area contributed by atoms with E-state index in [0.717, 1.165) is 16.9 Å². The van der Waals surface area contributed by atoms with Crippen molar-refractivity contribution in [2.45, 2.75) is 20.3 Å². The third-order valence-electron chi connectivity index (χ3n) is 3.47. The summed E-state index contributed by atoms with van der Waals surface area (Å²) >= 11 is 0. The molecule has 0 saturated heterocycles. The molecule has 0 spiro atoms. The van der Waals surface area contributed by atoms with Crippen LogP contribution < -0.4 is 4.74 Å². The van der Waals surface area contributed by atoms with Crippen molar-refractivity contribution in [2.24, 2.45) is 0 Å². The van der Waals surface area contributed by atoms with E-state index >= 15 is 0 Å². The van der Waals surface area contributed by atoms with Gasteiger partial charge in [-0.2, -0.15) is 5.26 Å². The first-order valence-corrected chi connectivity index (χ1v) is 6.28. The van der Waals surface area contributed by atoms with Gasteiger partial charge in [0.1, 0.15) is 5.75 Å². The third kappa shape index (κ3) is 2.61. The Kier molecular flexibility index (Phi) is 3.87. The minimum absolute atomic E-state index is 0.363. The van der Waals surface area contributed by atoms with Gasteiger partial charge in [-0.1, -0.05) is 24.3 Å². The first-order valence-electron chi connectivity index (χ1n) is 6.28. The number of ether oxygens (including phenoxy) is 1. The second-order valence-electron chi connectivity index (χ2n) is 4.61. The smallest absolute Gasteiger partial charge is 0.123 e. The van der Waals surface area contributed by atoms with Crippen LogP contribution in [0.5, 0.6) is 5.75 Å². The fraction of sp³-hybridized carbons (Fsp3) is 0.235. The highest BCUT2D eigenvalue weighted by Crippen LogP contribution is 2.30. The molecule has 0 saturated carbocycles. The van der Waals surface area contributed by atoms with E-state index in [1.165, 1.54) is 16.7 Å². The van der Waals surface area contributed by atoms with Crippen molar-refractivity contribution in [2.75, 3.05) is 7.11 Å². The van der Waals surface area contributed by atoms with E-state index in [0.29, 0.717) is 6.42 Å². The Morgan fingerprint density at radius 3 is 2.63 bits per heavy atom. The highest BCUT2D eigenvalue weighted by atomic mass is 16.5. The lowest BCUT2D eigenvalue weighted by atomic mass is 9.95. The highest BCUT2D eigenvalue weighted by Gasteiger charge is 2.08. The molecule has 2 aromatic carbocycles. The molecule has 2 rings (SSSR count). The second-order valence-corrected chi connectivity index (χ2v) is 4.61. The number of aryl methyl sites for hydroxylation is 1. The molecule has 0 unspecified atom stereocenters. The van der Waals surface area contributed by atoms with Gasteiger partial charge in [-0.05, 0) is 48.2 Å². The van der Waals surface area contributed by atoms with Crippen LogP contribution in [0.3, 0.4) is 0 Å². The van der Waals surface area contributed by atoms with Crippen molar-refractivity contribution >= 4 is 0 Å². The van der Waals surface area contributed by atoms with E-state index in [2.05, 4.69) is 38.1 Å². The summed E-state index contributed by atoms with van der Waals surface area (Å²) in [5.41, 5.74) is 5.82. The Morgan fingerprint density at radius 2 is 1.95 bits per heavy atom. The fourth-order valence-electron chi connectivity index (χ4n) is 2.23. The van der Waals surface area contributed by atoms with Crippen LogP contribution >= 0.6 is 0 Å². The van der Waals surface area contributed by atoms with E-state index < -0.39 is 0 Å². The first-order chi connectivity index (χ1) is 9.17. The minimum Gasteiger partial charge on any atom is -0.496 e. The number of hydrogen-bond acceptors (Lipinski definition) is 2. The molecule has 2 heteroatoms. The molecule has 0 aliphatic carbocycles. The van der Waals surface area contributed by atoms with Crippen molar-refractivity contribution < 1.29 is 4.74 Å². The van der Waals surface area contributed by atoms with Crippen LogP contribution in [0.4, 0.5) is 0 Å². The van der Waals surface area contributed by atoms with Gasteiger partial charge < -0.3 is 4.74 Å². The lowest BCUT2D eigenvalue weighted by molar-refractivity contribution is 0.411. The quantitative estimate of drug-likeness (QED) is 0.824. The van der Waals surface area contributed by atoms with E-state index in [1.54, 1.807) is 7.11 Å². The van der Waals surface area contributed by atoms with E-state index in [-0.39, 0.29) is 0 Å². The Morgan fingerprint density at radius 1 is 1.16 bits per heavy atom. The van der Waals surface area contributed by atoms with Crippen LogP contribution in [0.2, 0.25) is 0 Å². The molecule has 96 valence electrons. The number of methoxy groups -OCH3 is 1. The Bertz CT molecular complexity index is 638. The number of nitriles is 1. The zero-order valence-electron chi connectivity index (χ0n) is 11.5. The summed E-state index contributed by atoms with van der Waals surface area (Å²) in [5, 5.41) is 8.89. The molecule has 0 heterocycles. The monoisotopic (exact) mass is 251 g/mol. The molecule has 0 atom stereocenters. The maximum atomic E-state index is 8.89. The number of benzene rings is 2. The summed E-state index contributed by atoms with van der Waals surface area (Å²) < 4.78 is 5.29. The summed E-state index contributed by atoms with van der Waals surface area (Å²) in [5.74, 6) is 0.774. The molecule has 0 aliphatic rings. The van der Waals surface area contributed by atoms with Gasteiger partial charge in [0.2, 0.25) is 0 Å². The molecule has 0 N–H and O–H groups in total. The van der Waals surface area contributed by atoms with Gasteiger partial charge in [0, 0.05) is 5.56 Å². The normalized spacial score (nSPS) is 10.0. The van der Waals surface area contributed by atoms with E-state index in [9.17, 15) is 0 Å². The zero-order chi connectivity index (χ0) is 13.8. The zero-order valence-corrected chi connectivity index (χ0v) is 11.5. The van der Waals surface area contributed by atoms with Crippen LogP contribution in [-0.4, -0.2) is 7.11 Å². The van der Waals surface area contributed by atoms with Crippen molar-refractivity contribution in [3.63, 3.8) is 0 Å². The third-order valence-corrected chi connectivity index (χ3v) is 3.47. The van der Waals surface area contributed by atoms with Gasteiger partial charge in [0.05, 0.1) is 19.6 Å². The average molecular weight is 251 g/mol. The van der Waals surface area contributed by atoms with Crippen molar-refractivity contribution in [3.8, 4) is 22.9 Å². The Hall–Kier alpha value is -2.27. The summed E-state index contributed by atoms with van der Waals surface area (Å²) in [6, 6.07) is 14.5. The van der Waals surface area contributed by atoms with Crippen molar-refractivity contribution in [1.82, 2.24) is 0 Å². The molecule has 0 radical (unpaired) electrons. The Labute approximate surface area is 114 Å². The summed E-state index contributed by atoms with van der Waals surface area (Å²) in [6.45, 7) is 4.23. The van der Waals surface area contributed by atoms with Gasteiger partial charge in [-0.25, -0.2) is 0 Å². The SMILES string of the molecule is COc1ccc(-c2cccc(C)c2C)cc1CC#N. The topological polar surface area (TPSA) is 33.0 Å².